The molecule has 1 aromatic rings. The first kappa shape index (κ1) is 18.1. The molecule has 1 atom stereocenters. The molecule has 134 valence electrons. The van der Waals surface area contributed by atoms with E-state index < -0.39 is 0 Å². The summed E-state index contributed by atoms with van der Waals surface area (Å²) in [6.07, 6.45) is 4.20. The van der Waals surface area contributed by atoms with Crippen LogP contribution in [0, 0.1) is 23.2 Å². The van der Waals surface area contributed by atoms with Crippen LogP contribution in [0.1, 0.15) is 45.1 Å². The molecule has 2 fully saturated rings. The zero-order chi connectivity index (χ0) is 18.0. The van der Waals surface area contributed by atoms with E-state index >= 15 is 0 Å². The van der Waals surface area contributed by atoms with Gasteiger partial charge in [-0.2, -0.15) is 5.26 Å². The number of benzene rings is 1. The van der Waals surface area contributed by atoms with E-state index in [1.54, 1.807) is 6.07 Å². The average Bonchev–Trinajstić information content (AvgIpc) is 3.32. The molecular weight excluding hydrogens is 334 g/mol. The van der Waals surface area contributed by atoms with Crippen molar-refractivity contribution in [1.82, 2.24) is 4.90 Å². The van der Waals surface area contributed by atoms with Gasteiger partial charge in [0.25, 0.3) is 0 Å². The van der Waals surface area contributed by atoms with Gasteiger partial charge in [-0.1, -0.05) is 25.4 Å². The Labute approximate surface area is 155 Å². The lowest BCUT2D eigenvalue weighted by molar-refractivity contribution is -0.131. The summed E-state index contributed by atoms with van der Waals surface area (Å²) in [5, 5.41) is 9.60. The maximum absolute atomic E-state index is 12.4. The van der Waals surface area contributed by atoms with Crippen molar-refractivity contribution in [2.45, 2.75) is 45.6 Å². The van der Waals surface area contributed by atoms with Crippen molar-refractivity contribution in [1.29, 1.82) is 5.26 Å². The molecule has 0 radical (unpaired) electrons. The largest absolute Gasteiger partial charge is 0.367 e. The van der Waals surface area contributed by atoms with Gasteiger partial charge in [0.05, 0.1) is 10.6 Å². The minimum Gasteiger partial charge on any atom is -0.367 e. The maximum atomic E-state index is 12.4. The first-order chi connectivity index (χ1) is 12.0. The molecule has 1 aliphatic carbocycles. The zero-order valence-corrected chi connectivity index (χ0v) is 15.8. The number of rotatable bonds is 6. The average molecular weight is 360 g/mol. The van der Waals surface area contributed by atoms with E-state index in [2.05, 4.69) is 24.8 Å². The van der Waals surface area contributed by atoms with Gasteiger partial charge in [0.1, 0.15) is 6.07 Å². The Morgan fingerprint density at radius 2 is 2.16 bits per heavy atom. The van der Waals surface area contributed by atoms with Crippen molar-refractivity contribution in [3.8, 4) is 6.07 Å². The Morgan fingerprint density at radius 3 is 2.76 bits per heavy atom. The van der Waals surface area contributed by atoms with Crippen LogP contribution in [0.15, 0.2) is 18.2 Å². The smallest absolute Gasteiger partial charge is 0.225 e. The second kappa shape index (κ2) is 7.66. The molecule has 1 heterocycles. The fourth-order valence-corrected chi connectivity index (χ4v) is 3.70. The lowest BCUT2D eigenvalue weighted by Crippen LogP contribution is -2.40. The number of halogens is 1. The van der Waals surface area contributed by atoms with Gasteiger partial charge in [-0.15, -0.1) is 0 Å². The summed E-state index contributed by atoms with van der Waals surface area (Å²) in [5.74, 6) is 1.23. The first-order valence-electron chi connectivity index (χ1n) is 9.24. The molecule has 0 N–H and O–H groups in total. The number of anilines is 1. The van der Waals surface area contributed by atoms with Gasteiger partial charge >= 0.3 is 0 Å². The number of carbonyl (C=O) groups excluding carboxylic acids is 1. The van der Waals surface area contributed by atoms with Crippen LogP contribution >= 0.6 is 11.6 Å². The van der Waals surface area contributed by atoms with E-state index in [9.17, 15) is 4.79 Å². The monoisotopic (exact) mass is 359 g/mol. The summed E-state index contributed by atoms with van der Waals surface area (Å²) in [6, 6.07) is 8.11. The fourth-order valence-electron chi connectivity index (χ4n) is 3.48. The summed E-state index contributed by atoms with van der Waals surface area (Å²) in [7, 11) is 0. The molecule has 1 aliphatic heterocycles. The number of hydrogen-bond donors (Lipinski definition) is 0. The molecular formula is C20H26ClN3O. The van der Waals surface area contributed by atoms with Gasteiger partial charge in [-0.25, -0.2) is 0 Å². The Balaban J connectivity index is 1.76. The number of nitrogens with zero attached hydrogens (tertiary/aromatic N) is 3. The summed E-state index contributed by atoms with van der Waals surface area (Å²) in [6.45, 7) is 7.03. The molecule has 1 saturated heterocycles. The molecule has 1 saturated carbocycles. The maximum Gasteiger partial charge on any atom is 0.225 e. The third-order valence-electron chi connectivity index (χ3n) is 5.19. The highest BCUT2D eigenvalue weighted by Crippen LogP contribution is 2.34. The molecule has 4 nitrogen and oxygen atoms in total. The van der Waals surface area contributed by atoms with Crippen LogP contribution in [0.5, 0.6) is 0 Å². The first-order valence-corrected chi connectivity index (χ1v) is 9.62. The van der Waals surface area contributed by atoms with E-state index in [0.29, 0.717) is 28.5 Å². The van der Waals surface area contributed by atoms with Crippen LogP contribution < -0.4 is 4.90 Å². The minimum atomic E-state index is 0.284. The predicted molar refractivity (Wildman–Crippen MR) is 101 cm³/mol. The van der Waals surface area contributed by atoms with Crippen molar-refractivity contribution in [3.63, 3.8) is 0 Å². The van der Waals surface area contributed by atoms with E-state index in [1.807, 2.05) is 17.0 Å². The Bertz CT molecular complexity index is 678. The van der Waals surface area contributed by atoms with Gasteiger partial charge < -0.3 is 9.80 Å². The van der Waals surface area contributed by atoms with Gasteiger partial charge in [0.2, 0.25) is 5.91 Å². The molecule has 25 heavy (non-hydrogen) atoms. The van der Waals surface area contributed by atoms with Crippen molar-refractivity contribution in [3.05, 3.63) is 28.8 Å². The second-order valence-electron chi connectivity index (χ2n) is 7.65. The summed E-state index contributed by atoms with van der Waals surface area (Å²) < 4.78 is 0. The van der Waals surface area contributed by atoms with E-state index in [1.165, 1.54) is 0 Å². The lowest BCUT2D eigenvalue weighted by atomic mass is 10.1. The van der Waals surface area contributed by atoms with Crippen molar-refractivity contribution < 1.29 is 4.79 Å². The lowest BCUT2D eigenvalue weighted by Gasteiger charge is -2.32. The Hall–Kier alpha value is -1.73. The number of nitriles is 1. The fraction of sp³-hybridized carbons (Fsp3) is 0.600. The van der Waals surface area contributed by atoms with E-state index in [-0.39, 0.29) is 5.92 Å². The van der Waals surface area contributed by atoms with Crippen molar-refractivity contribution in [2.24, 2.45) is 11.8 Å². The number of likely N-dealkylation sites (tertiary alicyclic amines) is 1. The van der Waals surface area contributed by atoms with Crippen LogP contribution in [0.3, 0.4) is 0 Å². The molecule has 0 spiro atoms. The third kappa shape index (κ3) is 4.27. The highest BCUT2D eigenvalue weighted by molar-refractivity contribution is 6.32. The minimum absolute atomic E-state index is 0.284. The van der Waals surface area contributed by atoms with Gasteiger partial charge in [-0.05, 0) is 49.8 Å². The van der Waals surface area contributed by atoms with Gasteiger partial charge in [0.15, 0.2) is 0 Å². The predicted octanol–water partition coefficient (Wildman–Crippen LogP) is 4.08. The van der Waals surface area contributed by atoms with E-state index in [4.69, 9.17) is 16.9 Å². The topological polar surface area (TPSA) is 47.3 Å². The van der Waals surface area contributed by atoms with Gasteiger partial charge in [-0.3, -0.25) is 4.79 Å². The molecule has 5 heteroatoms. The van der Waals surface area contributed by atoms with Crippen molar-refractivity contribution in [2.75, 3.05) is 24.5 Å². The van der Waals surface area contributed by atoms with Crippen LogP contribution in [-0.2, 0) is 4.79 Å². The standard InChI is InChI=1S/C20H26ClN3O/c1-14(2)7-10-24(17-6-5-16(12-22)19(21)11-17)18-8-9-23(13-18)20(25)15-3-4-15/h5-6,11,14-15,18H,3-4,7-10,13H2,1-2H3. The third-order valence-corrected chi connectivity index (χ3v) is 5.51. The van der Waals surface area contributed by atoms with Crippen LogP contribution in [0.25, 0.3) is 0 Å². The highest BCUT2D eigenvalue weighted by Gasteiger charge is 2.38. The summed E-state index contributed by atoms with van der Waals surface area (Å²) in [5.41, 5.74) is 1.56. The van der Waals surface area contributed by atoms with Crippen LogP contribution in [-0.4, -0.2) is 36.5 Å². The number of hydrogen-bond acceptors (Lipinski definition) is 3. The molecule has 2 aliphatic rings. The Morgan fingerprint density at radius 1 is 1.40 bits per heavy atom. The van der Waals surface area contributed by atoms with Crippen molar-refractivity contribution >= 4 is 23.2 Å². The van der Waals surface area contributed by atoms with Crippen LogP contribution in [0.2, 0.25) is 5.02 Å². The molecule has 1 aromatic carbocycles. The number of amides is 1. The molecule has 1 amide bonds. The quantitative estimate of drug-likeness (QED) is 0.769. The molecule has 0 bridgehead atoms. The molecule has 0 aromatic heterocycles. The van der Waals surface area contributed by atoms with Gasteiger partial charge in [0, 0.05) is 37.3 Å². The Kier molecular flexibility index (Phi) is 5.54. The molecule has 1 unspecified atom stereocenters. The zero-order valence-electron chi connectivity index (χ0n) is 15.0. The summed E-state index contributed by atoms with van der Waals surface area (Å²) >= 11 is 6.26. The highest BCUT2D eigenvalue weighted by atomic mass is 35.5. The summed E-state index contributed by atoms with van der Waals surface area (Å²) in [4.78, 5) is 16.8. The van der Waals surface area contributed by atoms with E-state index in [0.717, 1.165) is 51.0 Å². The normalized spacial score (nSPS) is 20.0. The SMILES string of the molecule is CC(C)CCN(c1ccc(C#N)c(Cl)c1)C1CCN(C(=O)C2CC2)C1. The second-order valence-corrected chi connectivity index (χ2v) is 8.06. The van der Waals surface area contributed by atoms with Crippen LogP contribution in [0.4, 0.5) is 5.69 Å². The molecule has 3 rings (SSSR count). The number of carbonyl (C=O) groups is 1.